The number of halogens is 4. The summed E-state index contributed by atoms with van der Waals surface area (Å²) in [6, 6.07) is 17.9. The number of amides is 1. The van der Waals surface area contributed by atoms with Crippen molar-refractivity contribution >= 4 is 23.2 Å². The third-order valence-corrected chi connectivity index (χ3v) is 4.93. The monoisotopic (exact) mass is 472 g/mol. The molecule has 0 fully saturated rings. The van der Waals surface area contributed by atoms with Gasteiger partial charge in [0, 0.05) is 21.8 Å². The Morgan fingerprint density at radius 2 is 1.73 bits per heavy atom. The zero-order valence-corrected chi connectivity index (χ0v) is 17.9. The van der Waals surface area contributed by atoms with Crippen LogP contribution in [0.15, 0.2) is 72.8 Å². The Kier molecular flexibility index (Phi) is 6.06. The average Bonchev–Trinajstić information content (AvgIpc) is 3.24. The molecule has 10 heteroatoms. The molecule has 4 rings (SSSR count). The first kappa shape index (κ1) is 22.3. The molecule has 0 bridgehead atoms. The topological polar surface area (TPSA) is 69.0 Å². The molecule has 0 spiro atoms. The Balaban J connectivity index is 1.60. The van der Waals surface area contributed by atoms with Gasteiger partial charge in [-0.2, -0.15) is 18.2 Å². The third-order valence-electron chi connectivity index (χ3n) is 4.70. The van der Waals surface area contributed by atoms with E-state index in [0.717, 1.165) is 12.1 Å². The summed E-state index contributed by atoms with van der Waals surface area (Å²) in [4.78, 5) is 16.7. The highest BCUT2D eigenvalue weighted by Crippen LogP contribution is 2.31. The highest BCUT2D eigenvalue weighted by molar-refractivity contribution is 6.31. The molecule has 168 valence electrons. The number of benzene rings is 3. The van der Waals surface area contributed by atoms with Crippen LogP contribution in [0.5, 0.6) is 6.01 Å². The van der Waals surface area contributed by atoms with Gasteiger partial charge in [0.2, 0.25) is 0 Å². The minimum absolute atomic E-state index is 0.0585. The number of nitrogens with zero attached hydrogens (tertiary/aromatic N) is 3. The molecule has 0 saturated heterocycles. The van der Waals surface area contributed by atoms with Crippen LogP contribution in [0.25, 0.3) is 17.1 Å². The van der Waals surface area contributed by atoms with Crippen molar-refractivity contribution in [2.24, 2.45) is 0 Å². The minimum Gasteiger partial charge on any atom is -0.466 e. The van der Waals surface area contributed by atoms with Gasteiger partial charge >= 0.3 is 12.2 Å². The molecule has 0 unspecified atom stereocenters. The van der Waals surface area contributed by atoms with E-state index in [1.54, 1.807) is 48.5 Å². The standard InChI is InChI=1S/C23H16ClF3N4O2/c1-33-22-29-20(14-5-7-16(8-6-14)23(25,26)27)31(30-22)19-11-9-18(10-12-19)28-21(32)15-3-2-4-17(24)13-15/h2-13H,1H3,(H,28,32). The largest absolute Gasteiger partial charge is 0.466 e. The predicted molar refractivity (Wildman–Crippen MR) is 118 cm³/mol. The van der Waals surface area contributed by atoms with Crippen LogP contribution in [0.1, 0.15) is 15.9 Å². The van der Waals surface area contributed by atoms with E-state index in [-0.39, 0.29) is 11.9 Å². The number of hydrogen-bond acceptors (Lipinski definition) is 4. The van der Waals surface area contributed by atoms with Crippen LogP contribution in [0.3, 0.4) is 0 Å². The Bertz CT molecular complexity index is 1290. The molecular formula is C23H16ClF3N4O2. The molecule has 1 aromatic heterocycles. The molecule has 0 aliphatic rings. The van der Waals surface area contributed by atoms with E-state index < -0.39 is 11.7 Å². The van der Waals surface area contributed by atoms with Gasteiger partial charge in [0.1, 0.15) is 0 Å². The second-order valence-electron chi connectivity index (χ2n) is 6.92. The van der Waals surface area contributed by atoms with Crippen molar-refractivity contribution in [3.8, 4) is 23.1 Å². The van der Waals surface area contributed by atoms with Crippen molar-refractivity contribution in [3.05, 3.63) is 88.9 Å². The number of methoxy groups -OCH3 is 1. The molecule has 0 aliphatic carbocycles. The molecule has 33 heavy (non-hydrogen) atoms. The summed E-state index contributed by atoms with van der Waals surface area (Å²) < 4.78 is 45.2. The number of ether oxygens (including phenoxy) is 1. The van der Waals surface area contributed by atoms with E-state index in [4.69, 9.17) is 16.3 Å². The van der Waals surface area contributed by atoms with E-state index in [1.807, 2.05) is 0 Å². The zero-order valence-electron chi connectivity index (χ0n) is 17.1. The van der Waals surface area contributed by atoms with Crippen molar-refractivity contribution in [1.29, 1.82) is 0 Å². The third kappa shape index (κ3) is 4.98. The predicted octanol–water partition coefficient (Wildman–Crippen LogP) is 5.87. The number of hydrogen-bond donors (Lipinski definition) is 1. The van der Waals surface area contributed by atoms with Crippen LogP contribution in [0.4, 0.5) is 18.9 Å². The average molecular weight is 473 g/mol. The molecule has 1 N–H and O–H groups in total. The Labute approximate surface area is 191 Å². The normalized spacial score (nSPS) is 11.3. The number of carbonyl (C=O) groups excluding carboxylic acids is 1. The summed E-state index contributed by atoms with van der Waals surface area (Å²) in [5.74, 6) is -0.0191. The van der Waals surface area contributed by atoms with Gasteiger partial charge in [-0.15, -0.1) is 5.10 Å². The fourth-order valence-electron chi connectivity index (χ4n) is 3.07. The molecule has 1 amide bonds. The van der Waals surface area contributed by atoms with Gasteiger partial charge in [-0.1, -0.05) is 29.8 Å². The highest BCUT2D eigenvalue weighted by atomic mass is 35.5. The summed E-state index contributed by atoms with van der Waals surface area (Å²) >= 11 is 5.93. The summed E-state index contributed by atoms with van der Waals surface area (Å²) in [6.07, 6.45) is -4.44. The molecule has 3 aromatic carbocycles. The van der Waals surface area contributed by atoms with E-state index in [1.165, 1.54) is 23.9 Å². The van der Waals surface area contributed by atoms with E-state index in [9.17, 15) is 18.0 Å². The Morgan fingerprint density at radius 1 is 1.03 bits per heavy atom. The molecule has 6 nitrogen and oxygen atoms in total. The fourth-order valence-corrected chi connectivity index (χ4v) is 3.26. The first-order valence-corrected chi connectivity index (χ1v) is 9.98. The maximum absolute atomic E-state index is 12.9. The Morgan fingerprint density at radius 3 is 2.33 bits per heavy atom. The van der Waals surface area contributed by atoms with Crippen molar-refractivity contribution in [1.82, 2.24) is 14.8 Å². The van der Waals surface area contributed by atoms with E-state index in [0.29, 0.717) is 33.3 Å². The minimum atomic E-state index is -4.44. The number of rotatable bonds is 5. The van der Waals surface area contributed by atoms with Gasteiger partial charge in [0.15, 0.2) is 5.82 Å². The van der Waals surface area contributed by atoms with Gasteiger partial charge in [-0.05, 0) is 54.6 Å². The number of nitrogens with one attached hydrogen (secondary N) is 1. The number of alkyl halides is 3. The van der Waals surface area contributed by atoms with Gasteiger partial charge in [0.05, 0.1) is 18.4 Å². The molecule has 4 aromatic rings. The van der Waals surface area contributed by atoms with Crippen LogP contribution >= 0.6 is 11.6 Å². The molecule has 0 radical (unpaired) electrons. The molecule has 0 aliphatic heterocycles. The van der Waals surface area contributed by atoms with Gasteiger partial charge in [-0.25, -0.2) is 4.68 Å². The maximum Gasteiger partial charge on any atom is 0.416 e. The van der Waals surface area contributed by atoms with Crippen molar-refractivity contribution in [3.63, 3.8) is 0 Å². The number of carbonyl (C=O) groups is 1. The lowest BCUT2D eigenvalue weighted by Crippen LogP contribution is -2.11. The van der Waals surface area contributed by atoms with Crippen molar-refractivity contribution in [2.75, 3.05) is 12.4 Å². The second kappa shape index (κ2) is 8.95. The Hall–Kier alpha value is -3.85. The smallest absolute Gasteiger partial charge is 0.416 e. The molecule has 0 atom stereocenters. The van der Waals surface area contributed by atoms with Crippen LogP contribution < -0.4 is 10.1 Å². The lowest BCUT2D eigenvalue weighted by atomic mass is 10.1. The van der Waals surface area contributed by atoms with Crippen molar-refractivity contribution in [2.45, 2.75) is 6.18 Å². The van der Waals surface area contributed by atoms with Gasteiger partial charge < -0.3 is 10.1 Å². The first-order chi connectivity index (χ1) is 15.7. The lowest BCUT2D eigenvalue weighted by Gasteiger charge is -2.10. The summed E-state index contributed by atoms with van der Waals surface area (Å²) in [5.41, 5.74) is 1.19. The van der Waals surface area contributed by atoms with Crippen LogP contribution in [0.2, 0.25) is 5.02 Å². The summed E-state index contributed by atoms with van der Waals surface area (Å²) in [7, 11) is 1.39. The SMILES string of the molecule is COc1nc(-c2ccc(C(F)(F)F)cc2)n(-c2ccc(NC(=O)c3cccc(Cl)c3)cc2)n1. The van der Waals surface area contributed by atoms with Crippen molar-refractivity contribution < 1.29 is 22.7 Å². The fraction of sp³-hybridized carbons (Fsp3) is 0.0870. The zero-order chi connectivity index (χ0) is 23.6. The van der Waals surface area contributed by atoms with Crippen LogP contribution in [-0.2, 0) is 6.18 Å². The highest BCUT2D eigenvalue weighted by Gasteiger charge is 2.30. The maximum atomic E-state index is 12.9. The molecular weight excluding hydrogens is 457 g/mol. The van der Waals surface area contributed by atoms with Crippen LogP contribution in [-0.4, -0.2) is 27.8 Å². The molecule has 1 heterocycles. The first-order valence-electron chi connectivity index (χ1n) is 9.60. The summed E-state index contributed by atoms with van der Waals surface area (Å²) in [5, 5.41) is 7.48. The van der Waals surface area contributed by atoms with E-state index >= 15 is 0 Å². The molecule has 0 saturated carbocycles. The van der Waals surface area contributed by atoms with Gasteiger partial charge in [0.25, 0.3) is 5.91 Å². The van der Waals surface area contributed by atoms with Crippen LogP contribution in [0, 0.1) is 0 Å². The number of anilines is 1. The van der Waals surface area contributed by atoms with Gasteiger partial charge in [-0.3, -0.25) is 4.79 Å². The second-order valence-corrected chi connectivity index (χ2v) is 7.36. The quantitative estimate of drug-likeness (QED) is 0.394. The number of aromatic nitrogens is 3. The lowest BCUT2D eigenvalue weighted by molar-refractivity contribution is -0.137. The summed E-state index contributed by atoms with van der Waals surface area (Å²) in [6.45, 7) is 0. The van der Waals surface area contributed by atoms with E-state index in [2.05, 4.69) is 15.4 Å².